The Balaban J connectivity index is 0. The van der Waals surface area contributed by atoms with Gasteiger partial charge in [0, 0.05) is 21.7 Å². The van der Waals surface area contributed by atoms with Gasteiger partial charge in [0.25, 0.3) is 0 Å². The van der Waals surface area contributed by atoms with E-state index >= 15 is 0 Å². The predicted octanol–water partition coefficient (Wildman–Crippen LogP) is -1.14. The van der Waals surface area contributed by atoms with E-state index in [4.69, 9.17) is 0 Å². The molecule has 2 N–H and O–H groups in total. The second kappa shape index (κ2) is 16.0. The first-order valence-corrected chi connectivity index (χ1v) is 0. The van der Waals surface area contributed by atoms with Crippen LogP contribution in [0.4, 0.5) is 0 Å². The van der Waals surface area contributed by atoms with E-state index in [1.54, 1.807) is 0 Å². The maximum atomic E-state index is 0. The van der Waals surface area contributed by atoms with E-state index in [9.17, 15) is 0 Å². The molecule has 0 saturated carbocycles. The van der Waals surface area contributed by atoms with Crippen LogP contribution in [0.15, 0.2) is 0 Å². The molecule has 0 aromatic carbocycles. The molecule has 4 heavy (non-hydrogen) atoms. The van der Waals surface area contributed by atoms with Crippen molar-refractivity contribution in [2.45, 2.75) is 0 Å². The summed E-state index contributed by atoms with van der Waals surface area (Å²) in [4.78, 5) is 0. The van der Waals surface area contributed by atoms with Crippen LogP contribution in [-0.2, 0) is 21.7 Å². The summed E-state index contributed by atoms with van der Waals surface area (Å²) in [5, 5.41) is 0. The van der Waals surface area contributed by atoms with Crippen LogP contribution in [0.2, 0.25) is 0 Å². The molecule has 0 aromatic heterocycles. The minimum atomic E-state index is 0. The summed E-state index contributed by atoms with van der Waals surface area (Å²) >= 11 is 0. The van der Waals surface area contributed by atoms with Crippen molar-refractivity contribution in [1.29, 1.82) is 0 Å². The molecule has 0 spiro atoms. The van der Waals surface area contributed by atoms with Crippen LogP contribution in [0.5, 0.6) is 0 Å². The van der Waals surface area contributed by atoms with E-state index in [0.29, 0.717) is 0 Å². The molecule has 1 nitrogen and oxygen atoms in total. The van der Waals surface area contributed by atoms with Crippen molar-refractivity contribution in [3.63, 3.8) is 0 Å². The smallest absolute Gasteiger partial charge is 1.00 e. The molecule has 0 fully saturated rings. The Morgan fingerprint density at radius 2 is 1.25 bits per heavy atom. The molecule has 0 unspecified atom stereocenters. The van der Waals surface area contributed by atoms with Gasteiger partial charge >= 0.3 is 86.6 Å². The van der Waals surface area contributed by atoms with Crippen molar-refractivity contribution in [1.82, 2.24) is 0 Å². The van der Waals surface area contributed by atoms with Gasteiger partial charge in [-0.15, -0.1) is 0 Å². The number of rotatable bonds is 0. The Hall–Kier alpha value is 3.51. The Bertz CT molecular complexity index is 16.0. The van der Waals surface area contributed by atoms with Gasteiger partial charge in [-0.1, -0.05) is 0 Å². The number of hydrogen-bond acceptors (Lipinski definition) is 0. The zero-order valence-electron chi connectivity index (χ0n) is 6.41. The van der Waals surface area contributed by atoms with Gasteiger partial charge < -0.3 is 11.2 Å². The van der Waals surface area contributed by atoms with E-state index in [1.165, 1.54) is 0 Å². The van der Waals surface area contributed by atoms with E-state index in [-0.39, 0.29) is 120 Å². The van der Waals surface area contributed by atoms with Gasteiger partial charge in [-0.2, -0.15) is 0 Å². The van der Waals surface area contributed by atoms with Gasteiger partial charge in [-0.05, 0) is 0 Å². The van der Waals surface area contributed by atoms with Gasteiger partial charge in [-0.3, -0.25) is 0 Å². The first-order valence-electron chi connectivity index (χ1n) is 0. The fourth-order valence-corrected chi connectivity index (χ4v) is 0. The second-order valence-electron chi connectivity index (χ2n) is 0. The summed E-state index contributed by atoms with van der Waals surface area (Å²) in [6.07, 6.45) is 0. The zero-order chi connectivity index (χ0) is 0. The van der Waals surface area contributed by atoms with E-state index in [0.717, 1.165) is 0 Å². The van der Waals surface area contributed by atoms with Crippen molar-refractivity contribution >= 4 is 86.6 Å². The van der Waals surface area contributed by atoms with Gasteiger partial charge in [0.1, 0.15) is 0 Å². The molecular weight excluding hydrogens is 241 g/mol. The largest absolute Gasteiger partial charge is 2.00 e. The second-order valence-corrected chi connectivity index (χ2v) is 0. The molecule has 0 saturated heterocycles. The fraction of sp³-hybridized carbons (Fsp3) is 0. The molecule has 0 aliphatic carbocycles. The third kappa shape index (κ3) is 9.09. The first-order chi connectivity index (χ1) is 0. The zero-order valence-corrected chi connectivity index (χ0v) is 10.6. The van der Waals surface area contributed by atoms with Gasteiger partial charge in [0.2, 0.25) is 0 Å². The van der Waals surface area contributed by atoms with E-state index < -0.39 is 0 Å². The van der Waals surface area contributed by atoms with E-state index in [2.05, 4.69) is 0 Å². The van der Waals surface area contributed by atoms with Crippen LogP contribution in [0.1, 0.15) is 5.71 Å². The number of hydrogen-bond donors (Lipinski definition) is 0. The van der Waals surface area contributed by atoms with Crippen LogP contribution >= 0.6 is 0 Å². The van der Waals surface area contributed by atoms with Crippen LogP contribution < -0.4 is 0 Å². The Morgan fingerprint density at radius 1 is 1.25 bits per heavy atom. The maximum absolute atomic E-state index is 0. The summed E-state index contributed by atoms with van der Waals surface area (Å²) in [6, 6.07) is 0. The third-order valence-electron chi connectivity index (χ3n) is 0. The summed E-state index contributed by atoms with van der Waals surface area (Å²) < 4.78 is 0. The van der Waals surface area contributed by atoms with Gasteiger partial charge in [-0.25, -0.2) is 0 Å². The van der Waals surface area contributed by atoms with Gasteiger partial charge in [0.15, 0.2) is 0 Å². The average Bonchev–Trinajstić information content (AvgIpc) is 0. The summed E-state index contributed by atoms with van der Waals surface area (Å²) in [5.74, 6) is 0. The predicted molar refractivity (Wildman–Crippen MR) is 19.6 cm³/mol. The minimum absolute atomic E-state index is 0. The van der Waals surface area contributed by atoms with Crippen molar-refractivity contribution < 1.29 is 32.9 Å². The van der Waals surface area contributed by atoms with Crippen LogP contribution in [-0.4, -0.2) is 92.1 Å². The molecule has 0 atom stereocenters. The van der Waals surface area contributed by atoms with Crippen LogP contribution in [0.3, 0.4) is 0 Å². The molecule has 0 radical (unpaired) electrons. The molecule has 0 aliphatic rings. The molecule has 0 aromatic rings. The molecule has 0 bridgehead atoms. The quantitative estimate of drug-likeness (QED) is 0.485. The minimum Gasteiger partial charge on any atom is -1.00 e. The fourth-order valence-electron chi connectivity index (χ4n) is 0. The Morgan fingerprint density at radius 3 is 1.25 bits per heavy atom. The molecule has 0 rings (SSSR count). The summed E-state index contributed by atoms with van der Waals surface area (Å²) in [7, 11) is 0. The van der Waals surface area contributed by atoms with Crippen molar-refractivity contribution in [3.8, 4) is 0 Å². The molecular formula is H6BaCaOTi. The van der Waals surface area contributed by atoms with Crippen molar-refractivity contribution in [2.24, 2.45) is 0 Å². The first kappa shape index (κ1) is 25.8. The summed E-state index contributed by atoms with van der Waals surface area (Å²) in [5.41, 5.74) is 0. The SMILES string of the molecule is O.[Ba+2].[Ca+2].[H-].[H-].[H-].[H-].[Ti]. The molecule has 0 amide bonds. The van der Waals surface area contributed by atoms with Crippen LogP contribution in [0.25, 0.3) is 0 Å². The molecule has 20 valence electrons. The van der Waals surface area contributed by atoms with Crippen molar-refractivity contribution in [2.75, 3.05) is 0 Å². The topological polar surface area (TPSA) is 31.5 Å². The average molecular weight is 247 g/mol. The molecule has 0 heterocycles. The standard InChI is InChI=1S/Ba.Ca.H2O.Ti.4H/h;;1H2;;;;;/q2*+2;;;4*-1. The van der Waals surface area contributed by atoms with Crippen LogP contribution in [0, 0.1) is 0 Å². The van der Waals surface area contributed by atoms with Crippen molar-refractivity contribution in [3.05, 3.63) is 0 Å². The maximum Gasteiger partial charge on any atom is 2.00 e. The molecule has 4 heteroatoms. The monoisotopic (exact) mass is 248 g/mol. The normalized spacial score (nSPS) is 0. The summed E-state index contributed by atoms with van der Waals surface area (Å²) in [6.45, 7) is 0. The third-order valence-corrected chi connectivity index (χ3v) is 0. The Labute approximate surface area is 116 Å². The van der Waals surface area contributed by atoms with Gasteiger partial charge in [0.05, 0.1) is 0 Å². The van der Waals surface area contributed by atoms with E-state index in [1.807, 2.05) is 0 Å². The Kier molecular flexibility index (Phi) is 104. The molecule has 0 aliphatic heterocycles.